The van der Waals surface area contributed by atoms with Gasteiger partial charge in [-0.15, -0.1) is 5.11 Å². The second-order valence-corrected chi connectivity index (χ2v) is 5.31. The molecule has 1 aromatic heterocycles. The van der Waals surface area contributed by atoms with E-state index in [1.165, 1.54) is 16.8 Å². The topological polar surface area (TPSA) is 68.6 Å². The summed E-state index contributed by atoms with van der Waals surface area (Å²) in [5.74, 6) is 0.305. The quantitative estimate of drug-likeness (QED) is 0.663. The molecular weight excluding hydrogens is 331 g/mol. The zero-order valence-electron chi connectivity index (χ0n) is 13.2. The van der Waals surface area contributed by atoms with Crippen LogP contribution in [0.5, 0.6) is 0 Å². The predicted octanol–water partition coefficient (Wildman–Crippen LogP) is 5.20. The molecule has 2 N–H and O–H groups in total. The number of benzene rings is 2. The molecule has 128 valence electrons. The molecule has 0 aliphatic carbocycles. The Kier molecular flexibility index (Phi) is 4.26. The van der Waals surface area contributed by atoms with Gasteiger partial charge in [-0.25, -0.2) is 4.68 Å². The molecule has 25 heavy (non-hydrogen) atoms. The first-order valence-electron chi connectivity index (χ1n) is 7.36. The molecule has 3 rings (SSSR count). The van der Waals surface area contributed by atoms with Crippen LogP contribution in [-0.2, 0) is 6.18 Å². The van der Waals surface area contributed by atoms with Crippen LogP contribution < -0.4 is 5.73 Å². The summed E-state index contributed by atoms with van der Waals surface area (Å²) in [5, 5.41) is 12.3. The van der Waals surface area contributed by atoms with E-state index in [1.807, 2.05) is 30.3 Å². The van der Waals surface area contributed by atoms with E-state index in [4.69, 9.17) is 5.73 Å². The number of aryl methyl sites for hydroxylation is 1. The number of rotatable bonds is 3. The van der Waals surface area contributed by atoms with Gasteiger partial charge in [0, 0.05) is 0 Å². The van der Waals surface area contributed by atoms with Gasteiger partial charge in [0.1, 0.15) is 0 Å². The largest absolute Gasteiger partial charge is 0.416 e. The van der Waals surface area contributed by atoms with Crippen LogP contribution in [0.2, 0.25) is 0 Å². The lowest BCUT2D eigenvalue weighted by Crippen LogP contribution is -2.03. The summed E-state index contributed by atoms with van der Waals surface area (Å²) in [6.07, 6.45) is -4.38. The van der Waals surface area contributed by atoms with Gasteiger partial charge in [0.05, 0.1) is 22.6 Å². The molecule has 0 unspecified atom stereocenters. The van der Waals surface area contributed by atoms with Crippen molar-refractivity contribution in [1.29, 1.82) is 0 Å². The molecule has 0 atom stereocenters. The molecule has 1 heterocycles. The monoisotopic (exact) mass is 345 g/mol. The van der Waals surface area contributed by atoms with Crippen LogP contribution in [0.1, 0.15) is 11.3 Å². The Morgan fingerprint density at radius 1 is 0.960 bits per heavy atom. The lowest BCUT2D eigenvalue weighted by Gasteiger charge is -2.05. The van der Waals surface area contributed by atoms with Crippen molar-refractivity contribution in [2.24, 2.45) is 10.2 Å². The van der Waals surface area contributed by atoms with Crippen LogP contribution in [0.3, 0.4) is 0 Å². The van der Waals surface area contributed by atoms with Crippen molar-refractivity contribution in [3.63, 3.8) is 0 Å². The number of para-hydroxylation sites is 1. The van der Waals surface area contributed by atoms with Gasteiger partial charge in [0.2, 0.25) is 0 Å². The molecule has 0 saturated carbocycles. The zero-order chi connectivity index (χ0) is 18.0. The van der Waals surface area contributed by atoms with Crippen molar-refractivity contribution in [3.05, 3.63) is 65.9 Å². The van der Waals surface area contributed by atoms with Crippen molar-refractivity contribution in [1.82, 2.24) is 9.78 Å². The molecule has 0 radical (unpaired) electrons. The van der Waals surface area contributed by atoms with Gasteiger partial charge < -0.3 is 5.73 Å². The van der Waals surface area contributed by atoms with E-state index in [-0.39, 0.29) is 0 Å². The molecule has 2 aromatic carbocycles. The van der Waals surface area contributed by atoms with E-state index < -0.39 is 11.7 Å². The number of anilines is 1. The Labute approximate surface area is 141 Å². The number of nitrogens with zero attached hydrogens (tertiary/aromatic N) is 4. The number of azo groups is 1. The highest BCUT2D eigenvalue weighted by molar-refractivity contribution is 5.64. The van der Waals surface area contributed by atoms with E-state index in [0.717, 1.165) is 17.8 Å². The van der Waals surface area contributed by atoms with Crippen LogP contribution in [0.15, 0.2) is 64.8 Å². The minimum Gasteiger partial charge on any atom is -0.382 e. The Bertz CT molecular complexity index is 897. The van der Waals surface area contributed by atoms with Crippen LogP contribution in [-0.4, -0.2) is 9.78 Å². The Morgan fingerprint density at radius 2 is 1.60 bits per heavy atom. The van der Waals surface area contributed by atoms with Crippen LogP contribution >= 0.6 is 0 Å². The SMILES string of the molecule is Cc1nn(-c2ccccc2)c(N)c1N=Nc1ccc(C(F)(F)F)cc1. The highest BCUT2D eigenvalue weighted by Gasteiger charge is 2.29. The minimum atomic E-state index is -4.38. The lowest BCUT2D eigenvalue weighted by molar-refractivity contribution is -0.137. The summed E-state index contributed by atoms with van der Waals surface area (Å²) in [6.45, 7) is 1.73. The third kappa shape index (κ3) is 3.52. The molecule has 0 aliphatic rings. The van der Waals surface area contributed by atoms with Gasteiger partial charge in [-0.2, -0.15) is 23.4 Å². The zero-order valence-corrected chi connectivity index (χ0v) is 13.2. The van der Waals surface area contributed by atoms with Gasteiger partial charge in [-0.3, -0.25) is 0 Å². The van der Waals surface area contributed by atoms with E-state index in [0.29, 0.717) is 22.9 Å². The molecule has 0 fully saturated rings. The van der Waals surface area contributed by atoms with Crippen LogP contribution in [0.4, 0.5) is 30.4 Å². The highest BCUT2D eigenvalue weighted by atomic mass is 19.4. The van der Waals surface area contributed by atoms with Crippen molar-refractivity contribution >= 4 is 17.2 Å². The number of nitrogens with two attached hydrogens (primary N) is 1. The Morgan fingerprint density at radius 3 is 2.20 bits per heavy atom. The molecule has 0 bridgehead atoms. The Balaban J connectivity index is 1.88. The molecule has 8 heteroatoms. The first-order chi connectivity index (χ1) is 11.9. The first-order valence-corrected chi connectivity index (χ1v) is 7.36. The number of aromatic nitrogens is 2. The van der Waals surface area contributed by atoms with Crippen molar-refractivity contribution < 1.29 is 13.2 Å². The number of alkyl halides is 3. The minimum absolute atomic E-state index is 0.291. The maximum atomic E-state index is 12.6. The maximum absolute atomic E-state index is 12.6. The molecule has 0 aliphatic heterocycles. The average molecular weight is 345 g/mol. The fraction of sp³-hybridized carbons (Fsp3) is 0.118. The second-order valence-electron chi connectivity index (χ2n) is 5.31. The molecule has 5 nitrogen and oxygen atoms in total. The van der Waals surface area contributed by atoms with Crippen molar-refractivity contribution in [3.8, 4) is 5.69 Å². The smallest absolute Gasteiger partial charge is 0.382 e. The van der Waals surface area contributed by atoms with Gasteiger partial charge in [0.15, 0.2) is 11.5 Å². The van der Waals surface area contributed by atoms with E-state index in [2.05, 4.69) is 15.3 Å². The number of hydrogen-bond acceptors (Lipinski definition) is 4. The van der Waals surface area contributed by atoms with Gasteiger partial charge in [-0.05, 0) is 43.3 Å². The van der Waals surface area contributed by atoms with Crippen LogP contribution in [0.25, 0.3) is 5.69 Å². The normalized spacial score (nSPS) is 12.0. The summed E-state index contributed by atoms with van der Waals surface area (Å²) >= 11 is 0. The first kappa shape index (κ1) is 16.7. The van der Waals surface area contributed by atoms with Gasteiger partial charge in [0.25, 0.3) is 0 Å². The van der Waals surface area contributed by atoms with Gasteiger partial charge in [-0.1, -0.05) is 18.2 Å². The van der Waals surface area contributed by atoms with E-state index >= 15 is 0 Å². The molecule has 3 aromatic rings. The van der Waals surface area contributed by atoms with E-state index in [9.17, 15) is 13.2 Å². The third-order valence-electron chi connectivity index (χ3n) is 3.52. The van der Waals surface area contributed by atoms with Crippen molar-refractivity contribution in [2.45, 2.75) is 13.1 Å². The van der Waals surface area contributed by atoms with E-state index in [1.54, 1.807) is 6.92 Å². The fourth-order valence-electron chi connectivity index (χ4n) is 2.25. The van der Waals surface area contributed by atoms with Gasteiger partial charge >= 0.3 is 6.18 Å². The third-order valence-corrected chi connectivity index (χ3v) is 3.52. The average Bonchev–Trinajstić information content (AvgIpc) is 2.88. The molecule has 0 amide bonds. The maximum Gasteiger partial charge on any atom is 0.416 e. The summed E-state index contributed by atoms with van der Waals surface area (Å²) in [7, 11) is 0. The number of hydrogen-bond donors (Lipinski definition) is 1. The fourth-order valence-corrected chi connectivity index (χ4v) is 2.25. The highest BCUT2D eigenvalue weighted by Crippen LogP contribution is 2.32. The second kappa shape index (κ2) is 6.39. The number of halogens is 3. The standard InChI is InChI=1S/C17H14F3N5/c1-11-15(16(21)25(24-11)14-5-3-2-4-6-14)23-22-13-9-7-12(8-10-13)17(18,19)20/h2-10H,21H2,1H3. The summed E-state index contributed by atoms with van der Waals surface area (Å²) < 4.78 is 39.2. The number of nitrogen functional groups attached to an aromatic ring is 1. The summed E-state index contributed by atoms with van der Waals surface area (Å²) in [4.78, 5) is 0. The summed E-state index contributed by atoms with van der Waals surface area (Å²) in [6, 6.07) is 13.7. The van der Waals surface area contributed by atoms with Crippen molar-refractivity contribution in [2.75, 3.05) is 5.73 Å². The molecule has 0 saturated heterocycles. The summed E-state index contributed by atoms with van der Waals surface area (Å²) in [5.41, 5.74) is 7.36. The molecular formula is C17H14F3N5. The Hall–Kier alpha value is -3.16. The van der Waals surface area contributed by atoms with Crippen LogP contribution in [0, 0.1) is 6.92 Å². The predicted molar refractivity (Wildman–Crippen MR) is 88.3 cm³/mol. The molecule has 0 spiro atoms. The lowest BCUT2D eigenvalue weighted by atomic mass is 10.2.